The monoisotopic (exact) mass is 363 g/mol. The molecule has 1 saturated heterocycles. The molecule has 2 rings (SSSR count). The summed E-state index contributed by atoms with van der Waals surface area (Å²) in [6, 6.07) is 10.5. The van der Waals surface area contributed by atoms with Crippen LogP contribution in [0.15, 0.2) is 40.2 Å². The molecule has 0 saturated carbocycles. The molecule has 6 heteroatoms. The highest BCUT2D eigenvalue weighted by Crippen LogP contribution is 2.21. The van der Waals surface area contributed by atoms with Gasteiger partial charge < -0.3 is 20.4 Å². The zero-order valence-corrected chi connectivity index (χ0v) is 16.7. The zero-order chi connectivity index (χ0) is 17.9. The number of aliphatic imine (C=N–C) groups is 1. The molecule has 140 valence electrons. The quantitative estimate of drug-likeness (QED) is 0.440. The van der Waals surface area contributed by atoms with Crippen LogP contribution in [-0.4, -0.2) is 80.9 Å². The highest BCUT2D eigenvalue weighted by molar-refractivity contribution is 8.00. The minimum absolute atomic E-state index is 0.488. The van der Waals surface area contributed by atoms with Crippen LogP contribution in [0.4, 0.5) is 0 Å². The highest BCUT2D eigenvalue weighted by atomic mass is 32.2. The summed E-state index contributed by atoms with van der Waals surface area (Å²) in [6.07, 6.45) is 1.26. The number of guanidine groups is 1. The number of nitrogens with zero attached hydrogens (tertiary/aromatic N) is 3. The molecule has 1 aromatic rings. The topological polar surface area (TPSA) is 42.9 Å². The van der Waals surface area contributed by atoms with Gasteiger partial charge in [0.05, 0.1) is 0 Å². The fraction of sp³-hybridized carbons (Fsp3) is 0.632. The Morgan fingerprint density at radius 2 is 1.96 bits per heavy atom. The smallest absolute Gasteiger partial charge is 0.191 e. The van der Waals surface area contributed by atoms with Crippen LogP contribution in [0.2, 0.25) is 0 Å². The Hall–Kier alpha value is -1.24. The lowest BCUT2D eigenvalue weighted by Crippen LogP contribution is -2.43. The van der Waals surface area contributed by atoms with Crippen molar-refractivity contribution in [1.29, 1.82) is 0 Å². The van der Waals surface area contributed by atoms with Gasteiger partial charge in [-0.2, -0.15) is 0 Å². The minimum Gasteiger partial charge on any atom is -0.355 e. The van der Waals surface area contributed by atoms with E-state index < -0.39 is 0 Å². The summed E-state index contributed by atoms with van der Waals surface area (Å²) in [7, 11) is 4.05. The van der Waals surface area contributed by atoms with Gasteiger partial charge in [0.25, 0.3) is 0 Å². The Morgan fingerprint density at radius 1 is 1.16 bits per heavy atom. The molecule has 1 atom stereocenters. The van der Waals surface area contributed by atoms with Crippen molar-refractivity contribution in [3.8, 4) is 0 Å². The Kier molecular flexibility index (Phi) is 9.15. The first-order chi connectivity index (χ1) is 12.2. The van der Waals surface area contributed by atoms with E-state index in [-0.39, 0.29) is 0 Å². The second-order valence-corrected chi connectivity index (χ2v) is 8.13. The largest absolute Gasteiger partial charge is 0.355 e. The summed E-state index contributed by atoms with van der Waals surface area (Å²) < 4.78 is 0. The second-order valence-electron chi connectivity index (χ2n) is 6.62. The standard InChI is InChI=1S/C19H33N5S/c1-17(25-18-8-5-4-6-9-18)16-22-19(20-2)21-10-13-24-12-7-11-23(3)14-15-24/h4-6,8-9,17H,7,10-16H2,1-3H3,(H2,20,21,22). The van der Waals surface area contributed by atoms with Crippen molar-refractivity contribution in [3.63, 3.8) is 0 Å². The number of hydrogen-bond acceptors (Lipinski definition) is 4. The van der Waals surface area contributed by atoms with Crippen molar-refractivity contribution in [1.82, 2.24) is 20.4 Å². The first kappa shape index (κ1) is 20.1. The molecule has 1 fully saturated rings. The number of hydrogen-bond donors (Lipinski definition) is 2. The predicted molar refractivity (Wildman–Crippen MR) is 110 cm³/mol. The lowest BCUT2D eigenvalue weighted by molar-refractivity contribution is 0.280. The summed E-state index contributed by atoms with van der Waals surface area (Å²) in [5.74, 6) is 0.896. The summed E-state index contributed by atoms with van der Waals surface area (Å²) >= 11 is 1.89. The Balaban J connectivity index is 1.63. The van der Waals surface area contributed by atoms with E-state index in [4.69, 9.17) is 0 Å². The van der Waals surface area contributed by atoms with Gasteiger partial charge in [-0.05, 0) is 38.7 Å². The fourth-order valence-electron chi connectivity index (χ4n) is 2.89. The highest BCUT2D eigenvalue weighted by Gasteiger charge is 2.11. The Bertz CT molecular complexity index is 508. The van der Waals surface area contributed by atoms with Crippen LogP contribution in [0.3, 0.4) is 0 Å². The maximum absolute atomic E-state index is 4.34. The summed E-state index contributed by atoms with van der Waals surface area (Å²) in [4.78, 5) is 10.6. The van der Waals surface area contributed by atoms with Gasteiger partial charge in [0.15, 0.2) is 5.96 Å². The van der Waals surface area contributed by atoms with E-state index in [9.17, 15) is 0 Å². The third kappa shape index (κ3) is 8.12. The molecule has 1 aromatic carbocycles. The maximum Gasteiger partial charge on any atom is 0.191 e. The third-order valence-corrected chi connectivity index (χ3v) is 5.51. The van der Waals surface area contributed by atoms with Crippen LogP contribution >= 0.6 is 11.8 Å². The van der Waals surface area contributed by atoms with E-state index in [1.54, 1.807) is 0 Å². The van der Waals surface area contributed by atoms with Crippen molar-refractivity contribution >= 4 is 17.7 Å². The summed E-state index contributed by atoms with van der Waals surface area (Å²) in [5.41, 5.74) is 0. The summed E-state index contributed by atoms with van der Waals surface area (Å²) in [5, 5.41) is 7.37. The number of likely N-dealkylation sites (N-methyl/N-ethyl adjacent to an activating group) is 1. The minimum atomic E-state index is 0.488. The van der Waals surface area contributed by atoms with Crippen LogP contribution in [0.25, 0.3) is 0 Å². The molecule has 1 aliphatic heterocycles. The Labute approximate surface area is 157 Å². The third-order valence-electron chi connectivity index (χ3n) is 4.39. The van der Waals surface area contributed by atoms with Crippen molar-refractivity contribution in [2.45, 2.75) is 23.5 Å². The molecule has 0 amide bonds. The van der Waals surface area contributed by atoms with Gasteiger partial charge in [0.1, 0.15) is 0 Å². The average molecular weight is 364 g/mol. The molecular weight excluding hydrogens is 330 g/mol. The van der Waals surface area contributed by atoms with Gasteiger partial charge in [0, 0.05) is 49.9 Å². The van der Waals surface area contributed by atoms with Crippen molar-refractivity contribution in [2.75, 3.05) is 59.9 Å². The van der Waals surface area contributed by atoms with Crippen molar-refractivity contribution in [2.24, 2.45) is 4.99 Å². The van der Waals surface area contributed by atoms with Crippen LogP contribution in [0.5, 0.6) is 0 Å². The first-order valence-electron chi connectivity index (χ1n) is 9.24. The van der Waals surface area contributed by atoms with Gasteiger partial charge in [-0.1, -0.05) is 25.1 Å². The second kappa shape index (κ2) is 11.4. The van der Waals surface area contributed by atoms with E-state index in [0.29, 0.717) is 5.25 Å². The van der Waals surface area contributed by atoms with Gasteiger partial charge >= 0.3 is 0 Å². The van der Waals surface area contributed by atoms with Crippen LogP contribution in [0, 0.1) is 0 Å². The molecule has 0 bridgehead atoms. The molecule has 1 heterocycles. The molecule has 5 nitrogen and oxygen atoms in total. The molecule has 1 aliphatic rings. The van der Waals surface area contributed by atoms with E-state index in [1.165, 1.54) is 31.0 Å². The van der Waals surface area contributed by atoms with E-state index >= 15 is 0 Å². The normalized spacial score (nSPS) is 18.6. The molecular formula is C19H33N5S. The molecule has 0 spiro atoms. The van der Waals surface area contributed by atoms with Gasteiger partial charge in [-0.15, -0.1) is 11.8 Å². The van der Waals surface area contributed by atoms with E-state index in [0.717, 1.165) is 32.1 Å². The Morgan fingerprint density at radius 3 is 2.72 bits per heavy atom. The van der Waals surface area contributed by atoms with Gasteiger partial charge in [0.2, 0.25) is 0 Å². The SMILES string of the molecule is CN=C(NCCN1CCCN(C)CC1)NCC(C)Sc1ccccc1. The molecule has 25 heavy (non-hydrogen) atoms. The lowest BCUT2D eigenvalue weighted by Gasteiger charge is -2.21. The maximum atomic E-state index is 4.34. The predicted octanol–water partition coefficient (Wildman–Crippen LogP) is 1.97. The number of benzene rings is 1. The first-order valence-corrected chi connectivity index (χ1v) is 10.1. The molecule has 0 aliphatic carbocycles. The van der Waals surface area contributed by atoms with Crippen molar-refractivity contribution in [3.05, 3.63) is 30.3 Å². The number of thioether (sulfide) groups is 1. The zero-order valence-electron chi connectivity index (χ0n) is 15.9. The molecule has 0 aromatic heterocycles. The van der Waals surface area contributed by atoms with Gasteiger partial charge in [-0.25, -0.2) is 0 Å². The lowest BCUT2D eigenvalue weighted by atomic mass is 10.4. The van der Waals surface area contributed by atoms with Crippen LogP contribution < -0.4 is 10.6 Å². The molecule has 1 unspecified atom stereocenters. The van der Waals surface area contributed by atoms with Crippen molar-refractivity contribution < 1.29 is 0 Å². The molecule has 0 radical (unpaired) electrons. The molecule has 2 N–H and O–H groups in total. The van der Waals surface area contributed by atoms with Crippen LogP contribution in [0.1, 0.15) is 13.3 Å². The number of nitrogens with one attached hydrogen (secondary N) is 2. The summed E-state index contributed by atoms with van der Waals surface area (Å²) in [6.45, 7) is 9.88. The van der Waals surface area contributed by atoms with Gasteiger partial charge in [-0.3, -0.25) is 4.99 Å². The van der Waals surface area contributed by atoms with Crippen LogP contribution in [-0.2, 0) is 0 Å². The average Bonchev–Trinajstić information content (AvgIpc) is 2.83. The number of rotatable bonds is 7. The fourth-order valence-corrected chi connectivity index (χ4v) is 3.84. The van der Waals surface area contributed by atoms with E-state index in [2.05, 4.69) is 69.7 Å². The van der Waals surface area contributed by atoms with E-state index in [1.807, 2.05) is 18.8 Å².